The van der Waals surface area contributed by atoms with Gasteiger partial charge in [0, 0.05) is 31.8 Å². The Bertz CT molecular complexity index is 352. The molecule has 0 bridgehead atoms. The van der Waals surface area contributed by atoms with E-state index in [4.69, 9.17) is 5.73 Å². The number of hydrogen-bond acceptors (Lipinski definition) is 5. The molecule has 0 aliphatic heterocycles. The Morgan fingerprint density at radius 1 is 1.53 bits per heavy atom. The van der Waals surface area contributed by atoms with E-state index in [1.54, 1.807) is 6.20 Å². The van der Waals surface area contributed by atoms with Gasteiger partial charge in [-0.25, -0.2) is 4.98 Å². The van der Waals surface area contributed by atoms with Crippen molar-refractivity contribution in [3.63, 3.8) is 0 Å². The van der Waals surface area contributed by atoms with Crippen molar-refractivity contribution < 1.29 is 4.79 Å². The molecule has 0 saturated carbocycles. The maximum atomic E-state index is 10.6. The molecule has 1 amide bonds. The minimum atomic E-state index is -0.0456. The molecule has 1 heterocycles. The maximum Gasteiger partial charge on any atom is 0.221 e. The lowest BCUT2D eigenvalue weighted by molar-refractivity contribution is -0.118. The third-order valence-electron chi connectivity index (χ3n) is 1.78. The first-order valence-electron chi connectivity index (χ1n) is 4.67. The van der Waals surface area contributed by atoms with Crippen LogP contribution in [0.15, 0.2) is 6.20 Å². The largest absolute Gasteiger partial charge is 0.368 e. The molecule has 0 aliphatic carbocycles. The molecule has 0 spiro atoms. The van der Waals surface area contributed by atoms with Crippen LogP contribution in [-0.4, -0.2) is 29.0 Å². The average molecular weight is 209 g/mol. The van der Waals surface area contributed by atoms with Crippen LogP contribution in [0.5, 0.6) is 0 Å². The van der Waals surface area contributed by atoms with Crippen molar-refractivity contribution in [3.8, 4) is 0 Å². The van der Waals surface area contributed by atoms with Crippen molar-refractivity contribution in [2.24, 2.45) is 0 Å². The highest BCUT2D eigenvalue weighted by Gasteiger charge is 2.00. The van der Waals surface area contributed by atoms with Crippen LogP contribution >= 0.6 is 0 Å². The van der Waals surface area contributed by atoms with Gasteiger partial charge in [0.15, 0.2) is 0 Å². The highest BCUT2D eigenvalue weighted by atomic mass is 16.1. The predicted octanol–water partition coefficient (Wildman–Crippen LogP) is -0.0848. The first-order valence-corrected chi connectivity index (χ1v) is 4.67. The van der Waals surface area contributed by atoms with E-state index in [-0.39, 0.29) is 11.9 Å². The summed E-state index contributed by atoms with van der Waals surface area (Å²) in [6.45, 7) is 4.53. The Labute approximate surface area is 88.3 Å². The number of carbonyl (C=O) groups excluding carboxylic acids is 1. The Hall–Kier alpha value is -1.85. The van der Waals surface area contributed by atoms with Crippen molar-refractivity contribution in [1.29, 1.82) is 0 Å². The third-order valence-corrected chi connectivity index (χ3v) is 1.78. The zero-order valence-electron chi connectivity index (χ0n) is 8.87. The van der Waals surface area contributed by atoms with Gasteiger partial charge < -0.3 is 16.4 Å². The molecule has 0 atom stereocenters. The second-order valence-corrected chi connectivity index (χ2v) is 3.17. The molecular weight excluding hydrogens is 194 g/mol. The van der Waals surface area contributed by atoms with Crippen LogP contribution in [0.2, 0.25) is 0 Å². The second kappa shape index (κ2) is 5.14. The lowest BCUT2D eigenvalue weighted by Gasteiger charge is -2.08. The molecule has 1 aromatic rings. The molecule has 1 aromatic heterocycles. The summed E-state index contributed by atoms with van der Waals surface area (Å²) in [6, 6.07) is 0. The number of rotatable bonds is 4. The van der Waals surface area contributed by atoms with Gasteiger partial charge in [-0.15, -0.1) is 0 Å². The van der Waals surface area contributed by atoms with Gasteiger partial charge in [0.25, 0.3) is 0 Å². The summed E-state index contributed by atoms with van der Waals surface area (Å²) >= 11 is 0. The van der Waals surface area contributed by atoms with E-state index < -0.39 is 0 Å². The Morgan fingerprint density at radius 2 is 2.27 bits per heavy atom. The van der Waals surface area contributed by atoms with Crippen LogP contribution in [0.25, 0.3) is 0 Å². The van der Waals surface area contributed by atoms with Gasteiger partial charge in [-0.3, -0.25) is 4.79 Å². The second-order valence-electron chi connectivity index (χ2n) is 3.17. The molecule has 82 valence electrons. The maximum absolute atomic E-state index is 10.6. The molecular formula is C9H15N5O. The zero-order valence-corrected chi connectivity index (χ0v) is 8.87. The molecule has 0 unspecified atom stereocenters. The molecule has 0 aromatic carbocycles. The van der Waals surface area contributed by atoms with Crippen molar-refractivity contribution in [1.82, 2.24) is 15.3 Å². The number of aromatic nitrogens is 2. The number of amides is 1. The summed E-state index contributed by atoms with van der Waals surface area (Å²) in [7, 11) is 0. The molecule has 0 saturated heterocycles. The number of aryl methyl sites for hydroxylation is 1. The lowest BCUT2D eigenvalue weighted by Crippen LogP contribution is -2.26. The molecule has 6 heteroatoms. The van der Waals surface area contributed by atoms with Crippen LogP contribution < -0.4 is 16.4 Å². The third kappa shape index (κ3) is 3.80. The summed E-state index contributed by atoms with van der Waals surface area (Å²) in [5.74, 6) is 0.895. The summed E-state index contributed by atoms with van der Waals surface area (Å²) in [6.07, 6.45) is 1.66. The van der Waals surface area contributed by atoms with Crippen LogP contribution in [0.3, 0.4) is 0 Å². The van der Waals surface area contributed by atoms with Gasteiger partial charge in [-0.1, -0.05) is 0 Å². The van der Waals surface area contributed by atoms with Crippen LogP contribution in [0.4, 0.5) is 11.8 Å². The highest BCUT2D eigenvalue weighted by Crippen LogP contribution is 2.09. The number of nitrogens with one attached hydrogen (secondary N) is 2. The lowest BCUT2D eigenvalue weighted by atomic mass is 10.3. The van der Waals surface area contributed by atoms with Crippen molar-refractivity contribution in [2.75, 3.05) is 24.1 Å². The topological polar surface area (TPSA) is 92.9 Å². The Kier molecular flexibility index (Phi) is 3.84. The minimum Gasteiger partial charge on any atom is -0.368 e. The smallest absolute Gasteiger partial charge is 0.221 e. The molecule has 0 radical (unpaired) electrons. The zero-order chi connectivity index (χ0) is 11.3. The monoisotopic (exact) mass is 209 g/mol. The summed E-state index contributed by atoms with van der Waals surface area (Å²) < 4.78 is 0. The molecule has 6 nitrogen and oxygen atoms in total. The van der Waals surface area contributed by atoms with Gasteiger partial charge >= 0.3 is 0 Å². The van der Waals surface area contributed by atoms with Gasteiger partial charge in [0.05, 0.1) is 0 Å². The molecule has 1 rings (SSSR count). The standard InChI is InChI=1S/C9H15N5O/c1-6-5-13-9(10)14-8(6)12-4-3-11-7(2)15/h5H,3-4H2,1-2H3,(H,11,15)(H3,10,12,13,14). The first-order chi connectivity index (χ1) is 7.09. The quantitative estimate of drug-likeness (QED) is 0.603. The summed E-state index contributed by atoms with van der Waals surface area (Å²) in [5, 5.41) is 5.74. The Balaban J connectivity index is 2.43. The van der Waals surface area contributed by atoms with Gasteiger partial charge in [-0.2, -0.15) is 4.98 Å². The van der Waals surface area contributed by atoms with E-state index in [0.717, 1.165) is 5.56 Å². The van der Waals surface area contributed by atoms with Gasteiger partial charge in [-0.05, 0) is 6.92 Å². The van der Waals surface area contributed by atoms with Crippen LogP contribution in [0.1, 0.15) is 12.5 Å². The Morgan fingerprint density at radius 3 is 2.93 bits per heavy atom. The van der Waals surface area contributed by atoms with E-state index in [1.165, 1.54) is 6.92 Å². The van der Waals surface area contributed by atoms with E-state index in [1.807, 2.05) is 6.92 Å². The van der Waals surface area contributed by atoms with Gasteiger partial charge in [0.2, 0.25) is 11.9 Å². The SMILES string of the molecule is CC(=O)NCCNc1nc(N)ncc1C. The highest BCUT2D eigenvalue weighted by molar-refractivity contribution is 5.72. The summed E-state index contributed by atoms with van der Waals surface area (Å²) in [4.78, 5) is 18.5. The number of anilines is 2. The van der Waals surface area contributed by atoms with E-state index in [2.05, 4.69) is 20.6 Å². The van der Waals surface area contributed by atoms with Crippen molar-refractivity contribution in [3.05, 3.63) is 11.8 Å². The molecule has 0 aliphatic rings. The van der Waals surface area contributed by atoms with Crippen molar-refractivity contribution >= 4 is 17.7 Å². The van der Waals surface area contributed by atoms with E-state index >= 15 is 0 Å². The molecule has 15 heavy (non-hydrogen) atoms. The average Bonchev–Trinajstić information content (AvgIpc) is 2.17. The fourth-order valence-corrected chi connectivity index (χ4v) is 1.05. The normalized spacial score (nSPS) is 9.73. The minimum absolute atomic E-state index is 0.0456. The molecule has 4 N–H and O–H groups in total. The first kappa shape index (κ1) is 11.2. The van der Waals surface area contributed by atoms with Crippen molar-refractivity contribution in [2.45, 2.75) is 13.8 Å². The van der Waals surface area contributed by atoms with E-state index in [9.17, 15) is 4.79 Å². The molecule has 0 fully saturated rings. The fourth-order valence-electron chi connectivity index (χ4n) is 1.05. The number of nitrogens with two attached hydrogens (primary N) is 1. The number of nitrogens with zero attached hydrogens (tertiary/aromatic N) is 2. The summed E-state index contributed by atoms with van der Waals surface area (Å²) in [5.41, 5.74) is 6.37. The number of hydrogen-bond donors (Lipinski definition) is 3. The van der Waals surface area contributed by atoms with Gasteiger partial charge in [0.1, 0.15) is 5.82 Å². The predicted molar refractivity (Wildman–Crippen MR) is 58.4 cm³/mol. The van der Waals surface area contributed by atoms with E-state index in [0.29, 0.717) is 18.9 Å². The van der Waals surface area contributed by atoms with Crippen LogP contribution in [0, 0.1) is 6.92 Å². The number of nitrogen functional groups attached to an aromatic ring is 1. The number of carbonyl (C=O) groups is 1. The fraction of sp³-hybridized carbons (Fsp3) is 0.444. The van der Waals surface area contributed by atoms with Crippen LogP contribution in [-0.2, 0) is 4.79 Å².